The van der Waals surface area contributed by atoms with Gasteiger partial charge in [0.05, 0.1) is 21.3 Å². The van der Waals surface area contributed by atoms with Crippen molar-refractivity contribution >= 4 is 35.2 Å². The van der Waals surface area contributed by atoms with Gasteiger partial charge in [0.1, 0.15) is 11.8 Å². The molecule has 0 fully saturated rings. The minimum absolute atomic E-state index is 0.136. The maximum absolute atomic E-state index is 12.9. The summed E-state index contributed by atoms with van der Waals surface area (Å²) in [5, 5.41) is 4.98. The van der Waals surface area contributed by atoms with Gasteiger partial charge in [-0.05, 0) is 54.8 Å². The molecule has 1 atom stereocenters. The second-order valence-corrected chi connectivity index (χ2v) is 8.44. The Morgan fingerprint density at radius 1 is 0.974 bits per heavy atom. The molecule has 0 spiro atoms. The van der Waals surface area contributed by atoms with E-state index in [1.165, 1.54) is 57.4 Å². The molecule has 0 aromatic heterocycles. The SMILES string of the molecule is COc1cc(C(=O)N[C@H](CCSC)C(=O)OCC(=O)Nc2ccc(OC(F)(F)F)cc2)cc(OC)c1OC. The van der Waals surface area contributed by atoms with Crippen LogP contribution in [0.3, 0.4) is 0 Å². The van der Waals surface area contributed by atoms with Crippen LogP contribution in [0.4, 0.5) is 18.9 Å². The largest absolute Gasteiger partial charge is 0.573 e. The fourth-order valence-electron chi connectivity index (χ4n) is 3.11. The highest BCUT2D eigenvalue weighted by Gasteiger charge is 2.31. The lowest BCUT2D eigenvalue weighted by Crippen LogP contribution is -2.43. The van der Waals surface area contributed by atoms with Crippen molar-refractivity contribution in [2.24, 2.45) is 0 Å². The van der Waals surface area contributed by atoms with Gasteiger partial charge >= 0.3 is 12.3 Å². The molecule has 0 saturated carbocycles. The van der Waals surface area contributed by atoms with Crippen molar-refractivity contribution in [3.63, 3.8) is 0 Å². The lowest BCUT2D eigenvalue weighted by Gasteiger charge is -2.18. The Labute approximate surface area is 221 Å². The number of carbonyl (C=O) groups excluding carboxylic acids is 3. The number of halogens is 3. The second-order valence-electron chi connectivity index (χ2n) is 7.45. The Bertz CT molecular complexity index is 1090. The number of amides is 2. The zero-order chi connectivity index (χ0) is 28.3. The molecule has 14 heteroatoms. The highest BCUT2D eigenvalue weighted by molar-refractivity contribution is 7.98. The maximum atomic E-state index is 12.9. The van der Waals surface area contributed by atoms with Crippen molar-refractivity contribution in [3.8, 4) is 23.0 Å². The van der Waals surface area contributed by atoms with Gasteiger partial charge in [-0.3, -0.25) is 9.59 Å². The van der Waals surface area contributed by atoms with Gasteiger partial charge in [-0.25, -0.2) is 4.79 Å². The number of nitrogens with one attached hydrogen (secondary N) is 2. The molecule has 208 valence electrons. The predicted octanol–water partition coefficient (Wildman–Crippen LogP) is 3.64. The van der Waals surface area contributed by atoms with Crippen LogP contribution >= 0.6 is 11.8 Å². The smallest absolute Gasteiger partial charge is 0.493 e. The normalized spacial score (nSPS) is 11.7. The van der Waals surface area contributed by atoms with Crippen LogP contribution in [0.5, 0.6) is 23.0 Å². The summed E-state index contributed by atoms with van der Waals surface area (Å²) < 4.78 is 61.3. The zero-order valence-electron chi connectivity index (χ0n) is 21.0. The van der Waals surface area contributed by atoms with Gasteiger partial charge in [-0.15, -0.1) is 13.2 Å². The summed E-state index contributed by atoms with van der Waals surface area (Å²) in [6.07, 6.45) is -2.80. The van der Waals surface area contributed by atoms with E-state index in [2.05, 4.69) is 15.4 Å². The number of carbonyl (C=O) groups is 3. The molecule has 2 aromatic rings. The van der Waals surface area contributed by atoms with Crippen LogP contribution in [0.1, 0.15) is 16.8 Å². The quantitative estimate of drug-likeness (QED) is 0.354. The van der Waals surface area contributed by atoms with E-state index in [0.29, 0.717) is 11.5 Å². The lowest BCUT2D eigenvalue weighted by molar-refractivity contribution is -0.274. The third kappa shape index (κ3) is 9.25. The number of rotatable bonds is 13. The summed E-state index contributed by atoms with van der Waals surface area (Å²) >= 11 is 1.44. The van der Waals surface area contributed by atoms with Gasteiger partial charge in [0, 0.05) is 11.3 Å². The first-order valence-electron chi connectivity index (χ1n) is 10.9. The molecule has 0 unspecified atom stereocenters. The number of methoxy groups -OCH3 is 3. The van der Waals surface area contributed by atoms with Crippen LogP contribution in [0, 0.1) is 0 Å². The molecule has 2 amide bonds. The number of thioether (sulfide) groups is 1. The zero-order valence-corrected chi connectivity index (χ0v) is 21.8. The summed E-state index contributed by atoms with van der Waals surface area (Å²) in [6.45, 7) is -0.685. The van der Waals surface area contributed by atoms with Crippen LogP contribution in [0.2, 0.25) is 0 Å². The van der Waals surface area contributed by atoms with Crippen molar-refractivity contribution < 1.29 is 51.2 Å². The molecule has 0 radical (unpaired) electrons. The third-order valence-corrected chi connectivity index (χ3v) is 5.49. The molecular formula is C24H27F3N2O8S. The first-order chi connectivity index (χ1) is 18.0. The van der Waals surface area contributed by atoms with E-state index in [4.69, 9.17) is 18.9 Å². The predicted molar refractivity (Wildman–Crippen MR) is 133 cm³/mol. The molecule has 10 nitrogen and oxygen atoms in total. The summed E-state index contributed by atoms with van der Waals surface area (Å²) in [7, 11) is 4.21. The van der Waals surface area contributed by atoms with Gasteiger partial charge in [0.2, 0.25) is 5.75 Å². The number of hydrogen-bond acceptors (Lipinski definition) is 9. The molecule has 0 bridgehead atoms. The van der Waals surface area contributed by atoms with Crippen LogP contribution < -0.4 is 29.6 Å². The van der Waals surface area contributed by atoms with Crippen LogP contribution in [-0.4, -0.2) is 70.1 Å². The van der Waals surface area contributed by atoms with Gasteiger partial charge < -0.3 is 34.3 Å². The minimum Gasteiger partial charge on any atom is -0.493 e. The van der Waals surface area contributed by atoms with Gasteiger partial charge in [0.25, 0.3) is 11.8 Å². The monoisotopic (exact) mass is 560 g/mol. The summed E-state index contributed by atoms with van der Waals surface area (Å²) in [5.74, 6) is -1.36. The Balaban J connectivity index is 2.02. The van der Waals surface area contributed by atoms with Crippen molar-refractivity contribution in [3.05, 3.63) is 42.0 Å². The summed E-state index contributed by atoms with van der Waals surface area (Å²) in [6, 6.07) is 6.21. The first-order valence-corrected chi connectivity index (χ1v) is 12.3. The molecule has 0 aliphatic carbocycles. The van der Waals surface area contributed by atoms with Crippen LogP contribution in [-0.2, 0) is 14.3 Å². The Kier molecular flexibility index (Phi) is 11.4. The average Bonchev–Trinajstić information content (AvgIpc) is 2.88. The number of alkyl halides is 3. The fraction of sp³-hybridized carbons (Fsp3) is 0.375. The number of hydrogen-bond donors (Lipinski definition) is 2. The van der Waals surface area contributed by atoms with Crippen molar-refractivity contribution in [1.82, 2.24) is 5.32 Å². The standard InChI is InChI=1S/C24H27F3N2O8S/c1-33-18-11-14(12-19(34-2)21(18)35-3)22(31)29-17(9-10-38-4)23(32)36-13-20(30)28-15-5-7-16(8-6-15)37-24(25,26)27/h5-8,11-12,17H,9-10,13H2,1-4H3,(H,28,30)(H,29,31)/t17-/m1/s1. The number of anilines is 1. The summed E-state index contributed by atoms with van der Waals surface area (Å²) in [4.78, 5) is 37.8. The van der Waals surface area contributed by atoms with E-state index in [1.807, 2.05) is 6.26 Å². The van der Waals surface area contributed by atoms with Gasteiger partial charge in [-0.1, -0.05) is 0 Å². The number of benzene rings is 2. The third-order valence-electron chi connectivity index (χ3n) is 4.84. The van der Waals surface area contributed by atoms with E-state index < -0.39 is 42.5 Å². The second kappa shape index (κ2) is 14.2. The molecule has 0 saturated heterocycles. The van der Waals surface area contributed by atoms with Crippen LogP contribution in [0.25, 0.3) is 0 Å². The van der Waals surface area contributed by atoms with Crippen molar-refractivity contribution in [2.75, 3.05) is 45.3 Å². The van der Waals surface area contributed by atoms with E-state index in [0.717, 1.165) is 12.1 Å². The minimum atomic E-state index is -4.84. The van der Waals surface area contributed by atoms with Crippen molar-refractivity contribution in [2.45, 2.75) is 18.8 Å². The van der Waals surface area contributed by atoms with Crippen LogP contribution in [0.15, 0.2) is 36.4 Å². The Morgan fingerprint density at radius 3 is 2.08 bits per heavy atom. The van der Waals surface area contributed by atoms with E-state index in [-0.39, 0.29) is 29.2 Å². The van der Waals surface area contributed by atoms with E-state index in [9.17, 15) is 27.6 Å². The fourth-order valence-corrected chi connectivity index (χ4v) is 3.58. The molecule has 0 heterocycles. The van der Waals surface area contributed by atoms with E-state index >= 15 is 0 Å². The molecule has 2 N–H and O–H groups in total. The topological polar surface area (TPSA) is 121 Å². The highest BCUT2D eigenvalue weighted by Crippen LogP contribution is 2.38. The highest BCUT2D eigenvalue weighted by atomic mass is 32.2. The number of ether oxygens (including phenoxy) is 5. The molecule has 0 aliphatic heterocycles. The molecule has 0 aliphatic rings. The first kappa shape index (κ1) is 30.4. The lowest BCUT2D eigenvalue weighted by atomic mass is 10.1. The van der Waals surface area contributed by atoms with Gasteiger partial charge in [0.15, 0.2) is 18.1 Å². The molecule has 38 heavy (non-hydrogen) atoms. The Hall–Kier alpha value is -3.81. The van der Waals surface area contributed by atoms with E-state index in [1.54, 1.807) is 0 Å². The summed E-state index contributed by atoms with van der Waals surface area (Å²) in [5.41, 5.74) is 0.298. The van der Waals surface area contributed by atoms with Gasteiger partial charge in [-0.2, -0.15) is 11.8 Å². The molecule has 2 aromatic carbocycles. The Morgan fingerprint density at radius 2 is 1.58 bits per heavy atom. The van der Waals surface area contributed by atoms with Crippen molar-refractivity contribution in [1.29, 1.82) is 0 Å². The maximum Gasteiger partial charge on any atom is 0.573 e. The number of esters is 1. The average molecular weight is 561 g/mol. The molecular weight excluding hydrogens is 533 g/mol. The molecule has 2 rings (SSSR count).